The molecule has 3 N–H and O–H groups in total. The van der Waals surface area contributed by atoms with E-state index in [0.29, 0.717) is 50.3 Å². The fourth-order valence-corrected chi connectivity index (χ4v) is 6.64. The Balaban J connectivity index is 0.00000304. The Hall–Kier alpha value is -2.08. The summed E-state index contributed by atoms with van der Waals surface area (Å²) in [5.74, 6) is -1.20. The molecule has 13 heteroatoms. The Labute approximate surface area is 221 Å². The first-order chi connectivity index (χ1) is 16.6. The van der Waals surface area contributed by atoms with Crippen LogP contribution in [0.25, 0.3) is 0 Å². The predicted molar refractivity (Wildman–Crippen MR) is 134 cm³/mol. The van der Waals surface area contributed by atoms with E-state index in [4.69, 9.17) is 16.3 Å². The first-order valence-electron chi connectivity index (χ1n) is 12.0. The number of nitrogens with zero attached hydrogens (tertiary/aromatic N) is 1. The molecule has 1 aromatic carbocycles. The molecule has 0 radical (unpaired) electrons. The van der Waals surface area contributed by atoms with Gasteiger partial charge in [0.15, 0.2) is 0 Å². The van der Waals surface area contributed by atoms with Gasteiger partial charge in [0.25, 0.3) is 5.91 Å². The second-order valence-electron chi connectivity index (χ2n) is 9.88. The van der Waals surface area contributed by atoms with E-state index in [1.807, 2.05) is 19.1 Å². The predicted octanol–water partition coefficient (Wildman–Crippen LogP) is 1.84. The van der Waals surface area contributed by atoms with Crippen molar-refractivity contribution in [2.45, 2.75) is 75.1 Å². The molecule has 3 amide bonds. The van der Waals surface area contributed by atoms with Crippen LogP contribution in [0, 0.1) is 5.92 Å². The Kier molecular flexibility index (Phi) is 7.49. The van der Waals surface area contributed by atoms with Gasteiger partial charge in [0.2, 0.25) is 15.9 Å². The molecule has 0 aromatic heterocycles. The molecule has 36 heavy (non-hydrogen) atoms. The van der Waals surface area contributed by atoms with E-state index in [1.165, 1.54) is 0 Å². The molecule has 10 nitrogen and oxygen atoms in total. The van der Waals surface area contributed by atoms with Crippen LogP contribution in [0.2, 0.25) is 5.02 Å². The van der Waals surface area contributed by atoms with Crippen molar-refractivity contribution in [2.24, 2.45) is 5.92 Å². The smallest absolute Gasteiger partial charge is 0.410 e. The van der Waals surface area contributed by atoms with E-state index >= 15 is 0 Å². The molecule has 0 spiro atoms. The minimum Gasteiger partial charge on any atom is -0.445 e. The van der Waals surface area contributed by atoms with Crippen LogP contribution in [0.1, 0.15) is 50.2 Å². The van der Waals surface area contributed by atoms with Crippen LogP contribution in [0.3, 0.4) is 0 Å². The van der Waals surface area contributed by atoms with Gasteiger partial charge in [0, 0.05) is 24.5 Å². The zero-order valence-corrected chi connectivity index (χ0v) is 22.2. The standard InChI is InChI=1S/C23H29ClN4O6S.ClH/c1-2-14-9-23(14,21(30)27-35(32,33)16-6-7-16)26-20(29)19-8-15(10-25-19)34-22(31)28-11-13-4-3-5-18(24)17(13)12-28;/h3-5,14-16,19,25H,2,6-12H2,1H3,(H,26,29)(H,27,30);1H/t14-,15-,19+,23-;/m1./s1. The van der Waals surface area contributed by atoms with Crippen molar-refractivity contribution in [3.8, 4) is 0 Å². The van der Waals surface area contributed by atoms with Crippen LogP contribution in [0.5, 0.6) is 0 Å². The molecule has 198 valence electrons. The van der Waals surface area contributed by atoms with E-state index in [1.54, 1.807) is 11.0 Å². The lowest BCUT2D eigenvalue weighted by molar-refractivity contribution is -0.130. The van der Waals surface area contributed by atoms with E-state index in [2.05, 4.69) is 15.4 Å². The highest BCUT2D eigenvalue weighted by molar-refractivity contribution is 7.91. The third-order valence-corrected chi connectivity index (χ3v) is 9.58. The molecular formula is C23H30Cl2N4O6S. The molecule has 4 atom stereocenters. The van der Waals surface area contributed by atoms with Crippen molar-refractivity contribution in [1.82, 2.24) is 20.3 Å². The van der Waals surface area contributed by atoms with Crippen LogP contribution in [-0.2, 0) is 37.4 Å². The number of fused-ring (bicyclic) bond motifs is 1. The van der Waals surface area contributed by atoms with Crippen molar-refractivity contribution >= 4 is 51.9 Å². The summed E-state index contributed by atoms with van der Waals surface area (Å²) in [6.45, 7) is 2.99. The topological polar surface area (TPSA) is 134 Å². The van der Waals surface area contributed by atoms with Gasteiger partial charge in [-0.1, -0.05) is 37.1 Å². The Morgan fingerprint density at radius 2 is 2.00 bits per heavy atom. The van der Waals surface area contributed by atoms with Gasteiger partial charge in [-0.05, 0) is 42.4 Å². The highest BCUT2D eigenvalue weighted by Gasteiger charge is 2.61. The number of sulfonamides is 1. The maximum atomic E-state index is 13.0. The number of benzene rings is 1. The average Bonchev–Trinajstić information content (AvgIpc) is 3.69. The largest absolute Gasteiger partial charge is 0.445 e. The van der Waals surface area contributed by atoms with Crippen molar-refractivity contribution in [2.75, 3.05) is 6.54 Å². The number of rotatable bonds is 7. The minimum absolute atomic E-state index is 0. The molecule has 0 bridgehead atoms. The highest BCUT2D eigenvalue weighted by atomic mass is 35.5. The maximum absolute atomic E-state index is 13.0. The molecule has 4 aliphatic rings. The number of carbonyl (C=O) groups is 3. The number of halogens is 2. The number of amides is 3. The maximum Gasteiger partial charge on any atom is 0.410 e. The summed E-state index contributed by atoms with van der Waals surface area (Å²) < 4.78 is 32.3. The highest BCUT2D eigenvalue weighted by Crippen LogP contribution is 2.46. The lowest BCUT2D eigenvalue weighted by Gasteiger charge is -2.21. The zero-order valence-electron chi connectivity index (χ0n) is 19.8. The number of hydrogen-bond donors (Lipinski definition) is 3. The second-order valence-corrected chi connectivity index (χ2v) is 12.2. The minimum atomic E-state index is -3.71. The molecular weight excluding hydrogens is 531 g/mol. The molecule has 1 saturated heterocycles. The summed E-state index contributed by atoms with van der Waals surface area (Å²) in [6.07, 6.45) is 1.40. The number of hydrogen-bond acceptors (Lipinski definition) is 7. The van der Waals surface area contributed by atoms with Gasteiger partial charge in [-0.15, -0.1) is 12.4 Å². The van der Waals surface area contributed by atoms with Crippen molar-refractivity contribution < 1.29 is 27.5 Å². The summed E-state index contributed by atoms with van der Waals surface area (Å²) in [5, 5.41) is 5.94. The number of carbonyl (C=O) groups excluding carboxylic acids is 3. The van der Waals surface area contributed by atoms with Gasteiger partial charge >= 0.3 is 6.09 Å². The third-order valence-electron chi connectivity index (χ3n) is 7.41. The summed E-state index contributed by atoms with van der Waals surface area (Å²) in [4.78, 5) is 40.1. The Bertz CT molecular complexity index is 1180. The van der Waals surface area contributed by atoms with E-state index in [9.17, 15) is 22.8 Å². The average molecular weight is 561 g/mol. The third kappa shape index (κ3) is 5.16. The monoisotopic (exact) mass is 560 g/mol. The van der Waals surface area contributed by atoms with Gasteiger partial charge in [-0.2, -0.15) is 0 Å². The number of ether oxygens (including phenoxy) is 1. The second kappa shape index (κ2) is 10.00. The van der Waals surface area contributed by atoms with Crippen molar-refractivity contribution in [3.63, 3.8) is 0 Å². The molecule has 3 fully saturated rings. The van der Waals surface area contributed by atoms with Gasteiger partial charge in [-0.25, -0.2) is 13.2 Å². The lowest BCUT2D eigenvalue weighted by Crippen LogP contribution is -2.55. The quantitative estimate of drug-likeness (QED) is 0.463. The fraction of sp³-hybridized carbons (Fsp3) is 0.609. The fourth-order valence-electron chi connectivity index (χ4n) is 5.02. The van der Waals surface area contributed by atoms with Crippen molar-refractivity contribution in [1.29, 1.82) is 0 Å². The Morgan fingerprint density at radius 1 is 1.25 bits per heavy atom. The van der Waals surface area contributed by atoms with Crippen LogP contribution < -0.4 is 15.4 Å². The lowest BCUT2D eigenvalue weighted by atomic mass is 10.1. The zero-order chi connectivity index (χ0) is 25.0. The van der Waals surface area contributed by atoms with Crippen LogP contribution in [0.15, 0.2) is 18.2 Å². The normalized spacial score (nSPS) is 28.6. The Morgan fingerprint density at radius 3 is 2.64 bits per heavy atom. The summed E-state index contributed by atoms with van der Waals surface area (Å²) in [6, 6.07) is 4.91. The van der Waals surface area contributed by atoms with Crippen LogP contribution in [-0.4, -0.2) is 60.7 Å². The summed E-state index contributed by atoms with van der Waals surface area (Å²) in [7, 11) is -3.71. The van der Waals surface area contributed by atoms with E-state index < -0.39 is 50.9 Å². The summed E-state index contributed by atoms with van der Waals surface area (Å²) >= 11 is 6.22. The number of nitrogens with one attached hydrogen (secondary N) is 3. The molecule has 1 aromatic rings. The molecule has 0 unspecified atom stereocenters. The molecule has 2 saturated carbocycles. The molecule has 2 heterocycles. The first kappa shape index (κ1) is 27.0. The van der Waals surface area contributed by atoms with Crippen molar-refractivity contribution in [3.05, 3.63) is 34.3 Å². The van der Waals surface area contributed by atoms with Gasteiger partial charge < -0.3 is 15.4 Å². The van der Waals surface area contributed by atoms with Crippen LogP contribution in [0.4, 0.5) is 4.79 Å². The van der Waals surface area contributed by atoms with Gasteiger partial charge in [0.1, 0.15) is 11.6 Å². The summed E-state index contributed by atoms with van der Waals surface area (Å²) in [5.41, 5.74) is 0.679. The van der Waals surface area contributed by atoms with E-state index in [0.717, 1.165) is 11.1 Å². The first-order valence-corrected chi connectivity index (χ1v) is 13.9. The van der Waals surface area contributed by atoms with Crippen LogP contribution >= 0.6 is 24.0 Å². The SMILES string of the molecule is CC[C@@H]1C[C@]1(NC(=O)[C@@H]1C[C@@H](OC(=O)N2Cc3cccc(Cl)c3C2)CN1)C(=O)NS(=O)(=O)C1CC1.Cl. The van der Waals surface area contributed by atoms with E-state index in [-0.39, 0.29) is 24.7 Å². The molecule has 2 aliphatic heterocycles. The van der Waals surface area contributed by atoms with Gasteiger partial charge in [-0.3, -0.25) is 19.2 Å². The van der Waals surface area contributed by atoms with Gasteiger partial charge in [0.05, 0.1) is 17.8 Å². The molecule has 5 rings (SSSR count). The molecule has 2 aliphatic carbocycles.